The van der Waals surface area contributed by atoms with Crippen molar-refractivity contribution >= 4 is 39.8 Å². The van der Waals surface area contributed by atoms with Crippen molar-refractivity contribution in [2.24, 2.45) is 0 Å². The normalized spacial score (nSPS) is 10.9. The van der Waals surface area contributed by atoms with E-state index in [1.54, 1.807) is 0 Å². The van der Waals surface area contributed by atoms with Crippen molar-refractivity contribution in [1.82, 2.24) is 15.0 Å². The zero-order valence-electron chi connectivity index (χ0n) is 19.1. The summed E-state index contributed by atoms with van der Waals surface area (Å²) < 4.78 is 14.2. The number of carbonyl (C=O) groups is 1. The Balaban J connectivity index is 1.45. The minimum atomic E-state index is -0.231. The number of aryl methyl sites for hydroxylation is 3. The Kier molecular flexibility index (Phi) is 6.26. The summed E-state index contributed by atoms with van der Waals surface area (Å²) in [5, 5.41) is 10.3. The van der Waals surface area contributed by atoms with Crippen molar-refractivity contribution in [1.29, 1.82) is 0 Å². The molecule has 0 aliphatic rings. The van der Waals surface area contributed by atoms with Gasteiger partial charge in [-0.05, 0) is 68.7 Å². The van der Waals surface area contributed by atoms with Crippen LogP contribution in [0.25, 0.3) is 10.9 Å². The summed E-state index contributed by atoms with van der Waals surface area (Å²) in [6.45, 7) is 7.93. The molecule has 0 fully saturated rings. The highest BCUT2D eigenvalue weighted by Gasteiger charge is 2.14. The molecule has 0 aliphatic heterocycles. The number of nitrogens with one attached hydrogen (secondary N) is 4. The van der Waals surface area contributed by atoms with E-state index in [1.165, 1.54) is 13.0 Å². The minimum Gasteiger partial charge on any atom is -0.370 e. The minimum absolute atomic E-state index is 0.110. The van der Waals surface area contributed by atoms with E-state index in [9.17, 15) is 9.18 Å². The molecule has 0 spiro atoms. The highest BCUT2D eigenvalue weighted by Crippen LogP contribution is 2.28. The van der Waals surface area contributed by atoms with E-state index in [0.717, 1.165) is 40.0 Å². The molecule has 4 N–H and O–H groups in total. The number of benzene rings is 2. The lowest BCUT2D eigenvalue weighted by atomic mass is 10.0. The van der Waals surface area contributed by atoms with Crippen LogP contribution in [-0.2, 0) is 11.2 Å². The van der Waals surface area contributed by atoms with Gasteiger partial charge in [0.25, 0.3) is 0 Å². The zero-order chi connectivity index (χ0) is 23.5. The standard InChI is InChI=1S/C25H27FN6O/c1-14-5-10-21(26)25-24(14)20(15(2)28-25)11-12-27-22-13-23(30-16(3)29-22)32-19-8-6-18(7-9-19)31-17(4)33/h5-10,13,28H,11-12H2,1-4H3,(H,31,33)(H2,27,29,30,32). The lowest BCUT2D eigenvalue weighted by molar-refractivity contribution is -0.114. The first-order valence-electron chi connectivity index (χ1n) is 10.8. The number of amides is 1. The number of hydrogen-bond donors (Lipinski definition) is 4. The number of rotatable bonds is 7. The maximum atomic E-state index is 14.2. The summed E-state index contributed by atoms with van der Waals surface area (Å²) in [5.41, 5.74) is 5.29. The number of hydrogen-bond acceptors (Lipinski definition) is 5. The molecule has 33 heavy (non-hydrogen) atoms. The van der Waals surface area contributed by atoms with Crippen LogP contribution in [0.15, 0.2) is 42.5 Å². The highest BCUT2D eigenvalue weighted by molar-refractivity contribution is 5.89. The van der Waals surface area contributed by atoms with E-state index in [4.69, 9.17) is 0 Å². The fourth-order valence-corrected chi connectivity index (χ4v) is 3.98. The highest BCUT2D eigenvalue weighted by atomic mass is 19.1. The number of halogens is 1. The molecule has 7 nitrogen and oxygen atoms in total. The van der Waals surface area contributed by atoms with E-state index >= 15 is 0 Å². The van der Waals surface area contributed by atoms with Crippen LogP contribution >= 0.6 is 0 Å². The predicted octanol–water partition coefficient (Wildman–Crippen LogP) is 5.38. The molecule has 170 valence electrons. The molecule has 0 saturated carbocycles. The van der Waals surface area contributed by atoms with Gasteiger partial charge in [-0.25, -0.2) is 14.4 Å². The molecule has 2 heterocycles. The number of carbonyl (C=O) groups excluding carboxylic acids is 1. The number of nitrogens with zero attached hydrogens (tertiary/aromatic N) is 2. The van der Waals surface area contributed by atoms with Crippen LogP contribution in [0.5, 0.6) is 0 Å². The lowest BCUT2D eigenvalue weighted by Gasteiger charge is -2.11. The summed E-state index contributed by atoms with van der Waals surface area (Å²) in [4.78, 5) is 23.3. The van der Waals surface area contributed by atoms with Crippen molar-refractivity contribution in [3.63, 3.8) is 0 Å². The number of H-pyrrole nitrogens is 1. The van der Waals surface area contributed by atoms with Gasteiger partial charge in [0, 0.05) is 42.0 Å². The molecule has 2 aromatic heterocycles. The van der Waals surface area contributed by atoms with Crippen LogP contribution in [0, 0.1) is 26.6 Å². The molecule has 0 saturated heterocycles. The summed E-state index contributed by atoms with van der Waals surface area (Å²) in [6, 6.07) is 12.6. The predicted molar refractivity (Wildman–Crippen MR) is 131 cm³/mol. The summed E-state index contributed by atoms with van der Waals surface area (Å²) in [6.07, 6.45) is 0.729. The molecular weight excluding hydrogens is 419 g/mol. The van der Waals surface area contributed by atoms with Gasteiger partial charge >= 0.3 is 0 Å². The van der Waals surface area contributed by atoms with Gasteiger partial charge in [-0.15, -0.1) is 0 Å². The monoisotopic (exact) mass is 446 g/mol. The maximum absolute atomic E-state index is 14.2. The lowest BCUT2D eigenvalue weighted by Crippen LogP contribution is -2.09. The largest absolute Gasteiger partial charge is 0.370 e. The first-order chi connectivity index (χ1) is 15.8. The number of fused-ring (bicyclic) bond motifs is 1. The third-order valence-corrected chi connectivity index (χ3v) is 5.43. The first kappa shape index (κ1) is 22.3. The van der Waals surface area contributed by atoms with Gasteiger partial charge in [-0.1, -0.05) is 6.07 Å². The molecule has 1 amide bonds. The average Bonchev–Trinajstić information content (AvgIpc) is 3.09. The Hall–Kier alpha value is -3.94. The molecule has 0 bridgehead atoms. The second kappa shape index (κ2) is 9.28. The van der Waals surface area contributed by atoms with Gasteiger partial charge in [0.05, 0.1) is 5.52 Å². The molecule has 4 aromatic rings. The Morgan fingerprint density at radius 1 is 1.00 bits per heavy atom. The second-order valence-corrected chi connectivity index (χ2v) is 8.09. The van der Waals surface area contributed by atoms with Crippen molar-refractivity contribution < 1.29 is 9.18 Å². The van der Waals surface area contributed by atoms with Crippen molar-refractivity contribution in [3.05, 3.63) is 70.9 Å². The van der Waals surface area contributed by atoms with Crippen molar-refractivity contribution in [2.45, 2.75) is 34.1 Å². The topological polar surface area (TPSA) is 94.7 Å². The zero-order valence-corrected chi connectivity index (χ0v) is 19.1. The Morgan fingerprint density at radius 3 is 2.42 bits per heavy atom. The quantitative estimate of drug-likeness (QED) is 0.306. The van der Waals surface area contributed by atoms with Gasteiger partial charge in [-0.3, -0.25) is 4.79 Å². The second-order valence-electron chi connectivity index (χ2n) is 8.09. The van der Waals surface area contributed by atoms with Crippen molar-refractivity contribution in [2.75, 3.05) is 22.5 Å². The van der Waals surface area contributed by atoms with Gasteiger partial charge < -0.3 is 20.9 Å². The third kappa shape index (κ3) is 5.11. The van der Waals surface area contributed by atoms with Crippen LogP contribution in [0.1, 0.15) is 29.6 Å². The van der Waals surface area contributed by atoms with Crippen LogP contribution in [-0.4, -0.2) is 27.4 Å². The first-order valence-corrected chi connectivity index (χ1v) is 10.8. The molecule has 0 unspecified atom stereocenters. The SMILES string of the molecule is CC(=O)Nc1ccc(Nc2cc(NCCc3c(C)[nH]c4c(F)ccc(C)c34)nc(C)n2)cc1. The molecule has 0 aliphatic carbocycles. The fourth-order valence-electron chi connectivity index (χ4n) is 3.98. The van der Waals surface area contributed by atoms with E-state index in [-0.39, 0.29) is 11.7 Å². The number of aromatic nitrogens is 3. The van der Waals surface area contributed by atoms with Gasteiger partial charge in [-0.2, -0.15) is 0 Å². The van der Waals surface area contributed by atoms with E-state index in [2.05, 4.69) is 30.9 Å². The van der Waals surface area contributed by atoms with Crippen molar-refractivity contribution in [3.8, 4) is 0 Å². The number of aromatic amines is 1. The van der Waals surface area contributed by atoms with Crippen LogP contribution in [0.4, 0.5) is 27.4 Å². The molecule has 2 aromatic carbocycles. The fraction of sp³-hybridized carbons (Fsp3) is 0.240. The Morgan fingerprint density at radius 2 is 1.70 bits per heavy atom. The summed E-state index contributed by atoms with van der Waals surface area (Å²) >= 11 is 0. The molecular formula is C25H27FN6O. The summed E-state index contributed by atoms with van der Waals surface area (Å²) in [7, 11) is 0. The molecule has 8 heteroatoms. The smallest absolute Gasteiger partial charge is 0.221 e. The Bertz CT molecular complexity index is 1310. The van der Waals surface area contributed by atoms with E-state index in [0.29, 0.717) is 29.5 Å². The summed E-state index contributed by atoms with van der Waals surface area (Å²) in [5.74, 6) is 1.67. The molecule has 4 rings (SSSR count). The molecule has 0 atom stereocenters. The van der Waals surface area contributed by atoms with Crippen LogP contribution in [0.3, 0.4) is 0 Å². The van der Waals surface area contributed by atoms with Crippen LogP contribution < -0.4 is 16.0 Å². The van der Waals surface area contributed by atoms with E-state index < -0.39 is 0 Å². The van der Waals surface area contributed by atoms with Gasteiger partial charge in [0.15, 0.2) is 0 Å². The number of anilines is 4. The average molecular weight is 447 g/mol. The third-order valence-electron chi connectivity index (χ3n) is 5.43. The van der Waals surface area contributed by atoms with Crippen LogP contribution in [0.2, 0.25) is 0 Å². The van der Waals surface area contributed by atoms with Gasteiger partial charge in [0.1, 0.15) is 23.3 Å². The Labute approximate surface area is 191 Å². The van der Waals surface area contributed by atoms with E-state index in [1.807, 2.05) is 57.2 Å². The van der Waals surface area contributed by atoms with Gasteiger partial charge in [0.2, 0.25) is 5.91 Å². The molecule has 0 radical (unpaired) electrons. The maximum Gasteiger partial charge on any atom is 0.221 e.